The molecule has 0 bridgehead atoms. The van der Waals surface area contributed by atoms with Gasteiger partial charge in [-0.1, -0.05) is 6.92 Å². The van der Waals surface area contributed by atoms with E-state index in [0.29, 0.717) is 18.4 Å². The van der Waals surface area contributed by atoms with Gasteiger partial charge in [-0.2, -0.15) is 0 Å². The molecule has 1 atom stereocenters. The molecule has 2 saturated heterocycles. The van der Waals surface area contributed by atoms with E-state index in [1.807, 2.05) is 7.05 Å². The van der Waals surface area contributed by atoms with Crippen molar-refractivity contribution in [1.29, 1.82) is 0 Å². The standard InChI is InChI=1S/C19H38N6O/c1-5-23-10-12-24(13-11-23)16(2)15-22-19(21-4)25-8-6-17(7-9-25)14-18(26)20-3/h16-17H,5-15H2,1-4H3,(H,20,26)(H,21,22). The van der Waals surface area contributed by atoms with Gasteiger partial charge in [-0.05, 0) is 32.2 Å². The quantitative estimate of drug-likeness (QED) is 0.527. The molecule has 2 rings (SSSR count). The summed E-state index contributed by atoms with van der Waals surface area (Å²) in [6.45, 7) is 13.2. The van der Waals surface area contributed by atoms with E-state index < -0.39 is 0 Å². The van der Waals surface area contributed by atoms with Crippen molar-refractivity contribution in [2.24, 2.45) is 10.9 Å². The van der Waals surface area contributed by atoms with E-state index in [1.165, 1.54) is 13.1 Å². The smallest absolute Gasteiger partial charge is 0.220 e. The second-order valence-electron chi connectivity index (χ2n) is 7.56. The summed E-state index contributed by atoms with van der Waals surface area (Å²) in [5.41, 5.74) is 0. The van der Waals surface area contributed by atoms with Crippen molar-refractivity contribution >= 4 is 11.9 Å². The monoisotopic (exact) mass is 366 g/mol. The summed E-state index contributed by atoms with van der Waals surface area (Å²) in [4.78, 5) is 23.5. The fraction of sp³-hybridized carbons (Fsp3) is 0.895. The molecule has 0 saturated carbocycles. The number of nitrogens with zero attached hydrogens (tertiary/aromatic N) is 4. The largest absolute Gasteiger partial charge is 0.359 e. The molecule has 7 nitrogen and oxygen atoms in total. The Balaban J connectivity index is 1.72. The van der Waals surface area contributed by atoms with Crippen LogP contribution in [0.4, 0.5) is 0 Å². The number of likely N-dealkylation sites (tertiary alicyclic amines) is 1. The van der Waals surface area contributed by atoms with Crippen molar-refractivity contribution < 1.29 is 4.79 Å². The average Bonchev–Trinajstić information content (AvgIpc) is 2.69. The molecule has 2 heterocycles. The Bertz CT molecular complexity index is 453. The zero-order chi connectivity index (χ0) is 18.9. The molecular formula is C19H38N6O. The Kier molecular flexibility index (Phi) is 8.65. The molecule has 0 radical (unpaired) electrons. The Morgan fingerprint density at radius 3 is 2.35 bits per heavy atom. The third-order valence-electron chi connectivity index (χ3n) is 5.91. The fourth-order valence-electron chi connectivity index (χ4n) is 3.93. The van der Waals surface area contributed by atoms with Crippen LogP contribution in [0.1, 0.15) is 33.1 Å². The Hall–Kier alpha value is -1.34. The number of piperazine rings is 1. The number of hydrogen-bond acceptors (Lipinski definition) is 4. The summed E-state index contributed by atoms with van der Waals surface area (Å²) >= 11 is 0. The van der Waals surface area contributed by atoms with Crippen LogP contribution in [0.15, 0.2) is 4.99 Å². The van der Waals surface area contributed by atoms with Gasteiger partial charge < -0.3 is 20.4 Å². The van der Waals surface area contributed by atoms with Crippen LogP contribution in [-0.2, 0) is 4.79 Å². The van der Waals surface area contributed by atoms with Crippen molar-refractivity contribution in [2.75, 3.05) is 66.5 Å². The Labute approximate surface area is 159 Å². The number of amides is 1. The highest BCUT2D eigenvalue weighted by Gasteiger charge is 2.24. The topological polar surface area (TPSA) is 63.2 Å². The van der Waals surface area contributed by atoms with Crippen LogP contribution >= 0.6 is 0 Å². The minimum atomic E-state index is 0.156. The van der Waals surface area contributed by atoms with Crippen LogP contribution in [0, 0.1) is 5.92 Å². The van der Waals surface area contributed by atoms with Crippen LogP contribution in [0.25, 0.3) is 0 Å². The van der Waals surface area contributed by atoms with Crippen molar-refractivity contribution in [3.05, 3.63) is 0 Å². The van der Waals surface area contributed by atoms with Crippen molar-refractivity contribution in [2.45, 2.75) is 39.2 Å². The zero-order valence-corrected chi connectivity index (χ0v) is 17.1. The lowest BCUT2D eigenvalue weighted by atomic mass is 9.93. The summed E-state index contributed by atoms with van der Waals surface area (Å²) in [5.74, 6) is 1.66. The second-order valence-corrected chi connectivity index (χ2v) is 7.56. The molecule has 0 spiro atoms. The predicted octanol–water partition coefficient (Wildman–Crippen LogP) is 0.436. The van der Waals surface area contributed by atoms with Crippen LogP contribution in [0.2, 0.25) is 0 Å². The summed E-state index contributed by atoms with van der Waals surface area (Å²) < 4.78 is 0. The van der Waals surface area contributed by atoms with E-state index in [4.69, 9.17) is 0 Å². The fourth-order valence-corrected chi connectivity index (χ4v) is 3.93. The minimum absolute atomic E-state index is 0.156. The van der Waals surface area contributed by atoms with Crippen LogP contribution in [0.3, 0.4) is 0 Å². The van der Waals surface area contributed by atoms with Gasteiger partial charge in [0.25, 0.3) is 0 Å². The first-order chi connectivity index (χ1) is 12.6. The lowest BCUT2D eigenvalue weighted by Crippen LogP contribution is -2.54. The molecule has 150 valence electrons. The molecule has 26 heavy (non-hydrogen) atoms. The normalized spacial score (nSPS) is 22.3. The molecule has 0 aliphatic carbocycles. The van der Waals surface area contributed by atoms with Crippen LogP contribution in [-0.4, -0.2) is 99.1 Å². The number of carbonyl (C=O) groups excluding carboxylic acids is 1. The first-order valence-electron chi connectivity index (χ1n) is 10.2. The summed E-state index contributed by atoms with van der Waals surface area (Å²) in [7, 11) is 3.58. The molecule has 2 fully saturated rings. The molecule has 2 aliphatic rings. The average molecular weight is 367 g/mol. The lowest BCUT2D eigenvalue weighted by molar-refractivity contribution is -0.121. The van der Waals surface area contributed by atoms with E-state index >= 15 is 0 Å². The molecular weight excluding hydrogens is 328 g/mol. The van der Waals surface area contributed by atoms with Gasteiger partial charge >= 0.3 is 0 Å². The van der Waals surface area contributed by atoms with E-state index in [9.17, 15) is 4.79 Å². The molecule has 0 aromatic carbocycles. The molecule has 1 amide bonds. The molecule has 1 unspecified atom stereocenters. The number of hydrogen-bond donors (Lipinski definition) is 2. The highest BCUT2D eigenvalue weighted by atomic mass is 16.1. The third-order valence-corrected chi connectivity index (χ3v) is 5.91. The number of carbonyl (C=O) groups is 1. The van der Waals surface area contributed by atoms with E-state index in [2.05, 4.69) is 44.2 Å². The van der Waals surface area contributed by atoms with E-state index in [-0.39, 0.29) is 5.91 Å². The van der Waals surface area contributed by atoms with Gasteiger partial charge in [0.1, 0.15) is 0 Å². The number of nitrogens with one attached hydrogen (secondary N) is 2. The molecule has 2 aliphatic heterocycles. The van der Waals surface area contributed by atoms with Gasteiger partial charge in [0, 0.05) is 72.4 Å². The summed E-state index contributed by atoms with van der Waals surface area (Å²) in [5, 5.41) is 6.30. The molecule has 0 aromatic heterocycles. The van der Waals surface area contributed by atoms with Gasteiger partial charge in [0.05, 0.1) is 0 Å². The maximum Gasteiger partial charge on any atom is 0.220 e. The highest BCUT2D eigenvalue weighted by Crippen LogP contribution is 2.20. The molecule has 7 heteroatoms. The first kappa shape index (κ1) is 21.0. The van der Waals surface area contributed by atoms with Gasteiger partial charge in [-0.3, -0.25) is 14.7 Å². The number of likely N-dealkylation sites (N-methyl/N-ethyl adjacent to an activating group) is 1. The summed E-state index contributed by atoms with van der Waals surface area (Å²) in [6, 6.07) is 0.511. The Morgan fingerprint density at radius 1 is 1.15 bits per heavy atom. The molecule has 0 aromatic rings. The van der Waals surface area contributed by atoms with E-state index in [0.717, 1.165) is 58.1 Å². The van der Waals surface area contributed by atoms with E-state index in [1.54, 1.807) is 7.05 Å². The van der Waals surface area contributed by atoms with Crippen molar-refractivity contribution in [3.63, 3.8) is 0 Å². The number of aliphatic imine (C=N–C) groups is 1. The highest BCUT2D eigenvalue weighted by molar-refractivity contribution is 5.80. The second kappa shape index (κ2) is 10.7. The maximum absolute atomic E-state index is 11.6. The van der Waals surface area contributed by atoms with Gasteiger partial charge in [0.15, 0.2) is 5.96 Å². The summed E-state index contributed by atoms with van der Waals surface area (Å²) in [6.07, 6.45) is 2.77. The minimum Gasteiger partial charge on any atom is -0.359 e. The lowest BCUT2D eigenvalue weighted by Gasteiger charge is -2.38. The predicted molar refractivity (Wildman–Crippen MR) is 107 cm³/mol. The molecule has 2 N–H and O–H groups in total. The van der Waals surface area contributed by atoms with Gasteiger partial charge in [-0.15, -0.1) is 0 Å². The SMILES string of the molecule is CCN1CCN(C(C)CNC(=NC)N2CCC(CC(=O)NC)CC2)CC1. The van der Waals surface area contributed by atoms with Gasteiger partial charge in [-0.25, -0.2) is 0 Å². The van der Waals surface area contributed by atoms with Crippen molar-refractivity contribution in [1.82, 2.24) is 25.3 Å². The van der Waals surface area contributed by atoms with Crippen LogP contribution in [0.5, 0.6) is 0 Å². The first-order valence-corrected chi connectivity index (χ1v) is 10.2. The Morgan fingerprint density at radius 2 is 1.81 bits per heavy atom. The van der Waals surface area contributed by atoms with Crippen molar-refractivity contribution in [3.8, 4) is 0 Å². The maximum atomic E-state index is 11.6. The zero-order valence-electron chi connectivity index (χ0n) is 17.1. The van der Waals surface area contributed by atoms with Crippen LogP contribution < -0.4 is 10.6 Å². The van der Waals surface area contributed by atoms with Gasteiger partial charge in [0.2, 0.25) is 5.91 Å². The third kappa shape index (κ3) is 6.13. The number of guanidine groups is 1. The number of piperidine rings is 1. The number of rotatable bonds is 6.